The lowest BCUT2D eigenvalue weighted by Gasteiger charge is -2.18. The van der Waals surface area contributed by atoms with Gasteiger partial charge in [0.1, 0.15) is 5.69 Å². The van der Waals surface area contributed by atoms with Gasteiger partial charge in [0.05, 0.1) is 10.5 Å². The lowest BCUT2D eigenvalue weighted by atomic mass is 10.1. The number of hydrogen-bond acceptors (Lipinski definition) is 2. The molecule has 2 rings (SSSR count). The monoisotopic (exact) mass is 336 g/mol. The molecule has 0 saturated heterocycles. The molecular formula is C14H13Cl2F3N2. The second-order valence-electron chi connectivity index (χ2n) is 4.67. The molecule has 0 aliphatic heterocycles. The molecule has 0 spiro atoms. The first-order valence-electron chi connectivity index (χ1n) is 6.36. The van der Waals surface area contributed by atoms with Crippen LogP contribution in [0.2, 0.25) is 10.0 Å². The molecule has 1 heterocycles. The van der Waals surface area contributed by atoms with Crippen LogP contribution in [0.1, 0.15) is 24.6 Å². The van der Waals surface area contributed by atoms with Gasteiger partial charge in [-0.15, -0.1) is 0 Å². The highest BCUT2D eigenvalue weighted by Crippen LogP contribution is 2.39. The van der Waals surface area contributed by atoms with E-state index in [4.69, 9.17) is 23.2 Å². The van der Waals surface area contributed by atoms with Crippen molar-refractivity contribution < 1.29 is 13.2 Å². The van der Waals surface area contributed by atoms with Crippen LogP contribution in [-0.2, 0) is 6.18 Å². The molecule has 0 atom stereocenters. The maximum Gasteiger partial charge on any atom is 0.433 e. The number of benzene rings is 1. The molecule has 0 fully saturated rings. The standard InChI is InChI=1S/C14H13Cl2F3N2/c1-3-4-20-11-7(2)13(14(17,18)19)21-12-9(11)5-8(15)6-10(12)16/h5-6H,3-4H2,1-2H3,(H,20,21). The van der Waals surface area contributed by atoms with Crippen LogP contribution in [0.4, 0.5) is 18.9 Å². The molecule has 2 aromatic rings. The zero-order chi connectivity index (χ0) is 15.8. The average molecular weight is 337 g/mol. The Morgan fingerprint density at radius 1 is 1.24 bits per heavy atom. The van der Waals surface area contributed by atoms with Crippen LogP contribution in [0.25, 0.3) is 10.9 Å². The Bertz CT molecular complexity index is 684. The van der Waals surface area contributed by atoms with Crippen molar-refractivity contribution in [3.8, 4) is 0 Å². The van der Waals surface area contributed by atoms with Crippen molar-refractivity contribution in [2.45, 2.75) is 26.4 Å². The minimum Gasteiger partial charge on any atom is -0.384 e. The van der Waals surface area contributed by atoms with Gasteiger partial charge in [-0.25, -0.2) is 4.98 Å². The highest BCUT2D eigenvalue weighted by molar-refractivity contribution is 6.38. The molecule has 0 aliphatic rings. The Morgan fingerprint density at radius 3 is 2.48 bits per heavy atom. The summed E-state index contributed by atoms with van der Waals surface area (Å²) in [5, 5.41) is 3.96. The lowest BCUT2D eigenvalue weighted by molar-refractivity contribution is -0.141. The summed E-state index contributed by atoms with van der Waals surface area (Å²) in [6.45, 7) is 3.86. The van der Waals surface area contributed by atoms with Gasteiger partial charge < -0.3 is 5.32 Å². The van der Waals surface area contributed by atoms with Gasteiger partial charge in [0.2, 0.25) is 0 Å². The predicted octanol–water partition coefficient (Wildman–Crippen LogP) is 5.69. The van der Waals surface area contributed by atoms with Gasteiger partial charge in [0.25, 0.3) is 0 Å². The topological polar surface area (TPSA) is 24.9 Å². The van der Waals surface area contributed by atoms with Crippen LogP contribution in [0, 0.1) is 6.92 Å². The van der Waals surface area contributed by atoms with Gasteiger partial charge >= 0.3 is 6.18 Å². The van der Waals surface area contributed by atoms with E-state index in [0.717, 1.165) is 6.42 Å². The van der Waals surface area contributed by atoms with Crippen molar-refractivity contribution in [3.63, 3.8) is 0 Å². The summed E-state index contributed by atoms with van der Waals surface area (Å²) in [5.74, 6) is 0. The van der Waals surface area contributed by atoms with Crippen molar-refractivity contribution in [2.75, 3.05) is 11.9 Å². The van der Waals surface area contributed by atoms with Gasteiger partial charge in [-0.05, 0) is 25.5 Å². The Kier molecular flexibility index (Phi) is 4.54. The number of pyridine rings is 1. The molecule has 0 saturated carbocycles. The second kappa shape index (κ2) is 5.89. The van der Waals surface area contributed by atoms with Gasteiger partial charge in [0.15, 0.2) is 0 Å². The van der Waals surface area contributed by atoms with E-state index in [0.29, 0.717) is 22.6 Å². The maximum absolute atomic E-state index is 13.1. The third kappa shape index (κ3) is 3.19. The number of nitrogens with zero attached hydrogens (tertiary/aromatic N) is 1. The quantitative estimate of drug-likeness (QED) is 0.778. The smallest absolute Gasteiger partial charge is 0.384 e. The number of nitrogens with one attached hydrogen (secondary N) is 1. The SMILES string of the molecule is CCCNc1c(C)c(C(F)(F)F)nc2c(Cl)cc(Cl)cc12. The maximum atomic E-state index is 13.1. The van der Waals surface area contributed by atoms with Crippen LogP contribution in [0.3, 0.4) is 0 Å². The molecule has 21 heavy (non-hydrogen) atoms. The number of hydrogen-bond donors (Lipinski definition) is 1. The molecule has 0 amide bonds. The van der Waals surface area contributed by atoms with Crippen molar-refractivity contribution in [3.05, 3.63) is 33.4 Å². The summed E-state index contributed by atoms with van der Waals surface area (Å²) < 4.78 is 39.4. The van der Waals surface area contributed by atoms with Gasteiger partial charge in [-0.2, -0.15) is 13.2 Å². The number of halogens is 5. The van der Waals surface area contributed by atoms with E-state index in [9.17, 15) is 13.2 Å². The number of rotatable bonds is 3. The number of anilines is 1. The van der Waals surface area contributed by atoms with Gasteiger partial charge in [0, 0.05) is 28.2 Å². The van der Waals surface area contributed by atoms with Crippen molar-refractivity contribution in [2.24, 2.45) is 0 Å². The van der Waals surface area contributed by atoms with E-state index in [1.165, 1.54) is 13.0 Å². The van der Waals surface area contributed by atoms with E-state index >= 15 is 0 Å². The highest BCUT2D eigenvalue weighted by Gasteiger charge is 2.36. The summed E-state index contributed by atoms with van der Waals surface area (Å²) in [7, 11) is 0. The van der Waals surface area contributed by atoms with Crippen molar-refractivity contribution in [1.82, 2.24) is 4.98 Å². The average Bonchev–Trinajstić information content (AvgIpc) is 2.35. The van der Waals surface area contributed by atoms with E-state index < -0.39 is 11.9 Å². The predicted molar refractivity (Wildman–Crippen MR) is 80.3 cm³/mol. The first-order valence-corrected chi connectivity index (χ1v) is 7.11. The van der Waals surface area contributed by atoms with Crippen LogP contribution in [0.5, 0.6) is 0 Å². The van der Waals surface area contributed by atoms with E-state index in [-0.39, 0.29) is 16.1 Å². The van der Waals surface area contributed by atoms with E-state index in [1.807, 2.05) is 6.92 Å². The lowest BCUT2D eigenvalue weighted by Crippen LogP contribution is -2.14. The van der Waals surface area contributed by atoms with E-state index in [2.05, 4.69) is 10.3 Å². The molecule has 0 unspecified atom stereocenters. The van der Waals surface area contributed by atoms with Crippen molar-refractivity contribution in [1.29, 1.82) is 0 Å². The first kappa shape index (κ1) is 16.2. The first-order chi connectivity index (χ1) is 9.75. The molecule has 2 nitrogen and oxygen atoms in total. The summed E-state index contributed by atoms with van der Waals surface area (Å²) >= 11 is 12.0. The van der Waals surface area contributed by atoms with Gasteiger partial charge in [-0.1, -0.05) is 30.1 Å². The minimum absolute atomic E-state index is 0.0433. The van der Waals surface area contributed by atoms with Crippen LogP contribution < -0.4 is 5.32 Å². The third-order valence-corrected chi connectivity index (χ3v) is 3.58. The molecule has 7 heteroatoms. The molecule has 0 bridgehead atoms. The number of fused-ring (bicyclic) bond motifs is 1. The zero-order valence-corrected chi connectivity index (χ0v) is 12.9. The molecule has 1 N–H and O–H groups in total. The van der Waals surface area contributed by atoms with Crippen LogP contribution >= 0.6 is 23.2 Å². The molecule has 1 aromatic carbocycles. The number of alkyl halides is 3. The van der Waals surface area contributed by atoms with Gasteiger partial charge in [-0.3, -0.25) is 0 Å². The second-order valence-corrected chi connectivity index (χ2v) is 5.51. The van der Waals surface area contributed by atoms with Crippen LogP contribution in [-0.4, -0.2) is 11.5 Å². The Balaban J connectivity index is 2.83. The summed E-state index contributed by atoms with van der Waals surface area (Å²) in [5.41, 5.74) is -0.421. The Hall–Kier alpha value is -1.20. The third-order valence-electron chi connectivity index (χ3n) is 3.07. The fourth-order valence-corrected chi connectivity index (χ4v) is 2.68. The molecular weight excluding hydrogens is 324 g/mol. The Labute approximate surface area is 130 Å². The normalized spacial score (nSPS) is 12.0. The molecule has 114 valence electrons. The summed E-state index contributed by atoms with van der Waals surface area (Å²) in [6, 6.07) is 2.96. The minimum atomic E-state index is -4.54. The fourth-order valence-electron chi connectivity index (χ4n) is 2.14. The highest BCUT2D eigenvalue weighted by atomic mass is 35.5. The summed E-state index contributed by atoms with van der Waals surface area (Å²) in [6.07, 6.45) is -3.76. The molecule has 0 radical (unpaired) electrons. The zero-order valence-electron chi connectivity index (χ0n) is 11.4. The Morgan fingerprint density at radius 2 is 1.90 bits per heavy atom. The fraction of sp³-hybridized carbons (Fsp3) is 0.357. The summed E-state index contributed by atoms with van der Waals surface area (Å²) in [4.78, 5) is 3.70. The largest absolute Gasteiger partial charge is 0.433 e. The van der Waals surface area contributed by atoms with Crippen LogP contribution in [0.15, 0.2) is 12.1 Å². The van der Waals surface area contributed by atoms with Crippen molar-refractivity contribution >= 4 is 39.8 Å². The molecule has 1 aromatic heterocycles. The van der Waals surface area contributed by atoms with E-state index in [1.54, 1.807) is 6.07 Å². The number of aromatic nitrogens is 1. The molecule has 0 aliphatic carbocycles.